The van der Waals surface area contributed by atoms with Crippen LogP contribution in [0.15, 0.2) is 36.4 Å². The predicted octanol–water partition coefficient (Wildman–Crippen LogP) is 3.92. The lowest BCUT2D eigenvalue weighted by atomic mass is 10.0. The van der Waals surface area contributed by atoms with Crippen molar-refractivity contribution in [1.29, 1.82) is 0 Å². The maximum absolute atomic E-state index is 12.7. The Balaban J connectivity index is 1.73. The standard InChI is InChI=1S/C23H26N2O4/c1-14-12-15(2)21(16(3)13-14)24-22(27)17(4)29-23(28)18-8-5-6-9-19(18)25-11-7-10-20(25)26/h5-6,8-9,12-13,17H,7,10-11H2,1-4H3,(H,24,27)/t17-/m1/s1. The Morgan fingerprint density at radius 2 is 1.76 bits per heavy atom. The highest BCUT2D eigenvalue weighted by molar-refractivity contribution is 6.04. The van der Waals surface area contributed by atoms with Gasteiger partial charge in [-0.15, -0.1) is 0 Å². The van der Waals surface area contributed by atoms with Crippen LogP contribution in [0.3, 0.4) is 0 Å². The molecule has 2 aromatic rings. The van der Waals surface area contributed by atoms with Crippen molar-refractivity contribution in [3.05, 3.63) is 58.7 Å². The van der Waals surface area contributed by atoms with Crippen LogP contribution < -0.4 is 10.2 Å². The van der Waals surface area contributed by atoms with Crippen molar-refractivity contribution in [3.63, 3.8) is 0 Å². The molecule has 1 saturated heterocycles. The molecule has 0 radical (unpaired) electrons. The van der Waals surface area contributed by atoms with Gasteiger partial charge >= 0.3 is 5.97 Å². The van der Waals surface area contributed by atoms with Crippen LogP contribution in [0.4, 0.5) is 11.4 Å². The Kier molecular flexibility index (Phi) is 6.01. The van der Waals surface area contributed by atoms with Crippen molar-refractivity contribution in [2.45, 2.75) is 46.6 Å². The number of nitrogens with zero attached hydrogens (tertiary/aromatic N) is 1. The number of nitrogens with one attached hydrogen (secondary N) is 1. The van der Waals surface area contributed by atoms with E-state index in [9.17, 15) is 14.4 Å². The average molecular weight is 394 g/mol. The molecule has 0 spiro atoms. The fraction of sp³-hybridized carbons (Fsp3) is 0.348. The van der Waals surface area contributed by atoms with E-state index in [2.05, 4.69) is 5.32 Å². The first-order valence-electron chi connectivity index (χ1n) is 9.77. The van der Waals surface area contributed by atoms with Gasteiger partial charge < -0.3 is 15.0 Å². The summed E-state index contributed by atoms with van der Waals surface area (Å²) in [6.07, 6.45) is 0.248. The number of anilines is 2. The van der Waals surface area contributed by atoms with E-state index in [4.69, 9.17) is 4.74 Å². The molecule has 0 unspecified atom stereocenters. The molecule has 1 fully saturated rings. The maximum Gasteiger partial charge on any atom is 0.341 e. The first-order chi connectivity index (χ1) is 13.8. The first kappa shape index (κ1) is 20.6. The number of carbonyl (C=O) groups excluding carboxylic acids is 3. The zero-order chi connectivity index (χ0) is 21.1. The molecule has 3 rings (SSSR count). The van der Waals surface area contributed by atoms with Gasteiger partial charge in [0.1, 0.15) is 0 Å². The molecule has 152 valence electrons. The fourth-order valence-corrected chi connectivity index (χ4v) is 3.66. The van der Waals surface area contributed by atoms with Crippen molar-refractivity contribution in [2.75, 3.05) is 16.8 Å². The molecule has 6 heteroatoms. The topological polar surface area (TPSA) is 75.7 Å². The monoisotopic (exact) mass is 394 g/mol. The third-order valence-electron chi connectivity index (χ3n) is 5.07. The van der Waals surface area contributed by atoms with Crippen molar-refractivity contribution in [2.24, 2.45) is 0 Å². The molecule has 0 bridgehead atoms. The van der Waals surface area contributed by atoms with Gasteiger partial charge in [0.15, 0.2) is 6.10 Å². The highest BCUT2D eigenvalue weighted by Gasteiger charge is 2.28. The predicted molar refractivity (Wildman–Crippen MR) is 112 cm³/mol. The average Bonchev–Trinajstić information content (AvgIpc) is 3.10. The SMILES string of the molecule is Cc1cc(C)c(NC(=O)[C@@H](C)OC(=O)c2ccccc2N2CCCC2=O)c(C)c1. The molecule has 29 heavy (non-hydrogen) atoms. The number of benzene rings is 2. The lowest BCUT2D eigenvalue weighted by Crippen LogP contribution is -2.31. The summed E-state index contributed by atoms with van der Waals surface area (Å²) in [5.74, 6) is -1.04. The van der Waals surface area contributed by atoms with Gasteiger partial charge in [0, 0.05) is 18.7 Å². The van der Waals surface area contributed by atoms with Crippen LogP contribution in [0.5, 0.6) is 0 Å². The third-order valence-corrected chi connectivity index (χ3v) is 5.07. The molecule has 0 aliphatic carbocycles. The Hall–Kier alpha value is -3.15. The minimum Gasteiger partial charge on any atom is -0.449 e. The molecule has 1 heterocycles. The van der Waals surface area contributed by atoms with Crippen LogP contribution in [0.25, 0.3) is 0 Å². The third kappa shape index (κ3) is 4.47. The lowest BCUT2D eigenvalue weighted by molar-refractivity contribution is -0.123. The minimum absolute atomic E-state index is 0.0126. The molecule has 0 aromatic heterocycles. The fourth-order valence-electron chi connectivity index (χ4n) is 3.66. The van der Waals surface area contributed by atoms with Crippen LogP contribution in [0.1, 0.15) is 46.8 Å². The molecule has 2 amide bonds. The van der Waals surface area contributed by atoms with Crippen molar-refractivity contribution in [1.82, 2.24) is 0 Å². The Bertz CT molecular complexity index is 944. The number of para-hydroxylation sites is 1. The number of hydrogen-bond acceptors (Lipinski definition) is 4. The number of aryl methyl sites for hydroxylation is 3. The highest BCUT2D eigenvalue weighted by Crippen LogP contribution is 2.27. The van der Waals surface area contributed by atoms with Gasteiger partial charge in [-0.1, -0.05) is 29.8 Å². The van der Waals surface area contributed by atoms with E-state index in [1.807, 2.05) is 32.9 Å². The maximum atomic E-state index is 12.7. The van der Waals surface area contributed by atoms with Crippen molar-refractivity contribution in [3.8, 4) is 0 Å². The van der Waals surface area contributed by atoms with E-state index in [0.29, 0.717) is 18.7 Å². The second kappa shape index (κ2) is 8.47. The number of hydrogen-bond donors (Lipinski definition) is 1. The van der Waals surface area contributed by atoms with Crippen LogP contribution in [-0.4, -0.2) is 30.4 Å². The molecule has 1 atom stereocenters. The Morgan fingerprint density at radius 3 is 2.38 bits per heavy atom. The van der Waals surface area contributed by atoms with Crippen molar-refractivity contribution < 1.29 is 19.1 Å². The van der Waals surface area contributed by atoms with E-state index in [1.54, 1.807) is 29.2 Å². The number of amides is 2. The highest BCUT2D eigenvalue weighted by atomic mass is 16.5. The molecule has 6 nitrogen and oxygen atoms in total. The molecule has 1 N–H and O–H groups in total. The van der Waals surface area contributed by atoms with Gasteiger partial charge in [0.05, 0.1) is 11.3 Å². The molecule has 0 saturated carbocycles. The quantitative estimate of drug-likeness (QED) is 0.780. The molecular weight excluding hydrogens is 368 g/mol. The number of rotatable bonds is 5. The minimum atomic E-state index is -0.982. The summed E-state index contributed by atoms with van der Waals surface area (Å²) < 4.78 is 5.42. The summed E-state index contributed by atoms with van der Waals surface area (Å²) in [6.45, 7) is 7.96. The van der Waals surface area contributed by atoms with Crippen LogP contribution in [0, 0.1) is 20.8 Å². The van der Waals surface area contributed by atoms with Gasteiger partial charge in [0.25, 0.3) is 5.91 Å². The van der Waals surface area contributed by atoms with E-state index in [1.165, 1.54) is 6.92 Å². The largest absolute Gasteiger partial charge is 0.449 e. The van der Waals surface area contributed by atoms with Crippen LogP contribution in [0.2, 0.25) is 0 Å². The second-order valence-corrected chi connectivity index (χ2v) is 7.48. The first-order valence-corrected chi connectivity index (χ1v) is 9.77. The van der Waals surface area contributed by atoms with E-state index < -0.39 is 18.0 Å². The van der Waals surface area contributed by atoms with E-state index in [0.717, 1.165) is 28.8 Å². The van der Waals surface area contributed by atoms with Gasteiger partial charge in [-0.2, -0.15) is 0 Å². The number of esters is 1. The van der Waals surface area contributed by atoms with Gasteiger partial charge in [0.2, 0.25) is 5.91 Å². The van der Waals surface area contributed by atoms with Crippen LogP contribution >= 0.6 is 0 Å². The van der Waals surface area contributed by atoms with Gasteiger partial charge in [-0.05, 0) is 57.4 Å². The molecule has 2 aromatic carbocycles. The Labute approximate surface area is 170 Å². The Morgan fingerprint density at radius 1 is 1.10 bits per heavy atom. The molecular formula is C23H26N2O4. The van der Waals surface area contributed by atoms with Gasteiger partial charge in [-0.3, -0.25) is 9.59 Å². The summed E-state index contributed by atoms with van der Waals surface area (Å²) >= 11 is 0. The number of carbonyl (C=O) groups is 3. The molecule has 1 aliphatic heterocycles. The summed E-state index contributed by atoms with van der Waals surface area (Å²) in [5.41, 5.74) is 4.56. The van der Waals surface area contributed by atoms with Gasteiger partial charge in [-0.25, -0.2) is 4.79 Å². The summed E-state index contributed by atoms with van der Waals surface area (Å²) in [5, 5.41) is 2.86. The second-order valence-electron chi connectivity index (χ2n) is 7.48. The molecule has 1 aliphatic rings. The lowest BCUT2D eigenvalue weighted by Gasteiger charge is -2.20. The summed E-state index contributed by atoms with van der Waals surface area (Å²) in [7, 11) is 0. The summed E-state index contributed by atoms with van der Waals surface area (Å²) in [6, 6.07) is 10.8. The van der Waals surface area contributed by atoms with Crippen LogP contribution in [-0.2, 0) is 14.3 Å². The smallest absolute Gasteiger partial charge is 0.341 e. The normalized spacial score (nSPS) is 14.6. The summed E-state index contributed by atoms with van der Waals surface area (Å²) in [4.78, 5) is 39.0. The van der Waals surface area contributed by atoms with E-state index in [-0.39, 0.29) is 11.5 Å². The zero-order valence-electron chi connectivity index (χ0n) is 17.2. The zero-order valence-corrected chi connectivity index (χ0v) is 17.2. The van der Waals surface area contributed by atoms with E-state index >= 15 is 0 Å². The van der Waals surface area contributed by atoms with Crippen molar-refractivity contribution >= 4 is 29.2 Å². The number of ether oxygens (including phenoxy) is 1.